The van der Waals surface area contributed by atoms with E-state index in [2.05, 4.69) is 301 Å². The van der Waals surface area contributed by atoms with Crippen molar-refractivity contribution in [2.75, 3.05) is 4.90 Å². The number of hydrogen-bond donors (Lipinski definition) is 0. The molecule has 74 heavy (non-hydrogen) atoms. The first-order chi connectivity index (χ1) is 36.7. The normalized spacial score (nSPS) is 11.8. The largest absolute Gasteiger partial charge is 0.311 e. The van der Waals surface area contributed by atoms with Crippen LogP contribution < -0.4 is 25.6 Å². The second kappa shape index (κ2) is 18.2. The molecule has 12 aromatic carbocycles. The van der Waals surface area contributed by atoms with Crippen LogP contribution in [0.2, 0.25) is 0 Å². The molecule has 348 valence electrons. The summed E-state index contributed by atoms with van der Waals surface area (Å²) in [6.07, 6.45) is 0. The van der Waals surface area contributed by atoms with Gasteiger partial charge in [0.15, 0.2) is 8.07 Å². The predicted octanol–water partition coefficient (Wildman–Crippen LogP) is 16.5. The van der Waals surface area contributed by atoms with Crippen molar-refractivity contribution in [1.29, 1.82) is 0 Å². The summed E-state index contributed by atoms with van der Waals surface area (Å²) in [5.41, 5.74) is 11.7. The van der Waals surface area contributed by atoms with E-state index in [9.17, 15) is 0 Å². The van der Waals surface area contributed by atoms with E-state index in [0.717, 1.165) is 22.7 Å². The van der Waals surface area contributed by atoms with Gasteiger partial charge in [-0.05, 0) is 121 Å². The van der Waals surface area contributed by atoms with Crippen LogP contribution in [0, 0.1) is 0 Å². The van der Waals surface area contributed by atoms with E-state index in [1.165, 1.54) is 95.8 Å². The number of para-hydroxylation sites is 2. The Bertz CT molecular complexity index is 4220. The molecule has 2 aromatic heterocycles. The Hall–Kier alpha value is -9.06. The first kappa shape index (κ1) is 43.7. The second-order valence-corrected chi connectivity index (χ2v) is 24.0. The summed E-state index contributed by atoms with van der Waals surface area (Å²) in [6, 6.07) is 108. The molecular formula is C70H48N2SSi. The highest BCUT2D eigenvalue weighted by molar-refractivity contribution is 7.26. The second-order valence-electron chi connectivity index (χ2n) is 19.2. The maximum atomic E-state index is 2.48. The summed E-state index contributed by atoms with van der Waals surface area (Å²) < 4.78 is 5.09. The summed E-state index contributed by atoms with van der Waals surface area (Å²) in [5.74, 6) is 0. The Balaban J connectivity index is 0.951. The molecule has 4 heteroatoms. The zero-order chi connectivity index (χ0) is 49.0. The molecule has 0 spiro atoms. The van der Waals surface area contributed by atoms with E-state index in [1.807, 2.05) is 11.3 Å². The zero-order valence-electron chi connectivity index (χ0n) is 40.5. The molecular weight excluding hydrogens is 929 g/mol. The van der Waals surface area contributed by atoms with E-state index in [1.54, 1.807) is 0 Å². The number of anilines is 3. The fourth-order valence-corrected chi connectivity index (χ4v) is 17.8. The Labute approximate surface area is 435 Å². The van der Waals surface area contributed by atoms with Gasteiger partial charge in [0, 0.05) is 49.0 Å². The lowest BCUT2D eigenvalue weighted by molar-refractivity contribution is 1.19. The minimum atomic E-state index is -2.74. The van der Waals surface area contributed by atoms with E-state index in [0.29, 0.717) is 0 Å². The number of hydrogen-bond acceptors (Lipinski definition) is 2. The van der Waals surface area contributed by atoms with Crippen molar-refractivity contribution in [3.8, 4) is 27.9 Å². The van der Waals surface area contributed by atoms with Crippen LogP contribution in [0.3, 0.4) is 0 Å². The maximum Gasteiger partial charge on any atom is 0.179 e. The van der Waals surface area contributed by atoms with Gasteiger partial charge in [0.2, 0.25) is 0 Å². The molecule has 2 heterocycles. The molecule has 0 radical (unpaired) electrons. The van der Waals surface area contributed by atoms with Crippen molar-refractivity contribution < 1.29 is 0 Å². The SMILES string of the molecule is c1ccc(-n2c3ccccc3c3c(-c4ccc(N(c5ccc(-c6cccc7ccccc67)cc5)c5ccc([Si](c6ccccc6)(c6ccccc6)c6ccccc6)cc5)cc4)cc4c5ccccc5sc4c32)cc1. The Morgan fingerprint density at radius 1 is 0.338 bits per heavy atom. The van der Waals surface area contributed by atoms with Gasteiger partial charge < -0.3 is 9.47 Å². The summed E-state index contributed by atoms with van der Waals surface area (Å²) in [6.45, 7) is 0. The zero-order valence-corrected chi connectivity index (χ0v) is 42.3. The first-order valence-electron chi connectivity index (χ1n) is 25.4. The van der Waals surface area contributed by atoms with E-state index < -0.39 is 8.07 Å². The van der Waals surface area contributed by atoms with Gasteiger partial charge in [0.25, 0.3) is 0 Å². The van der Waals surface area contributed by atoms with Crippen LogP contribution in [0.15, 0.2) is 291 Å². The van der Waals surface area contributed by atoms with Crippen molar-refractivity contribution >= 4 is 110 Å². The fourth-order valence-electron chi connectivity index (χ4n) is 11.8. The van der Waals surface area contributed by atoms with Crippen molar-refractivity contribution in [3.63, 3.8) is 0 Å². The standard InChI is InChI=1S/C70H48N2SSi/c1-5-22-52(23-6-1)72-66-34-17-15-32-63(66)68-64(48-65-62-31-16-18-35-67(62)73-70(65)69(68)72)51-38-42-54(43-39-51)71(53-40-36-50(37-41-53)61-33-19-21-49-20-13-14-30-60(49)61)55-44-46-59(47-45-55)74(56-24-7-2-8-25-56,57-26-9-3-10-27-57)58-28-11-4-12-29-58/h1-48H. The number of rotatable bonds is 10. The molecule has 14 rings (SSSR count). The monoisotopic (exact) mass is 976 g/mol. The van der Waals surface area contributed by atoms with Gasteiger partial charge >= 0.3 is 0 Å². The van der Waals surface area contributed by atoms with Crippen LogP contribution >= 0.6 is 11.3 Å². The van der Waals surface area contributed by atoms with Crippen LogP contribution in [0.25, 0.3) is 80.7 Å². The number of nitrogens with zero attached hydrogens (tertiary/aromatic N) is 2. The van der Waals surface area contributed by atoms with Crippen molar-refractivity contribution in [2.45, 2.75) is 0 Å². The third-order valence-electron chi connectivity index (χ3n) is 15.1. The van der Waals surface area contributed by atoms with Crippen LogP contribution in [0.4, 0.5) is 17.1 Å². The van der Waals surface area contributed by atoms with Gasteiger partial charge in [0.1, 0.15) is 0 Å². The van der Waals surface area contributed by atoms with Gasteiger partial charge in [-0.2, -0.15) is 0 Å². The minimum absolute atomic E-state index is 1.09. The number of aromatic nitrogens is 1. The minimum Gasteiger partial charge on any atom is -0.311 e. The topological polar surface area (TPSA) is 8.17 Å². The summed E-state index contributed by atoms with van der Waals surface area (Å²) in [5, 5.41) is 13.0. The average molecular weight is 977 g/mol. The highest BCUT2D eigenvalue weighted by Crippen LogP contribution is 2.48. The lowest BCUT2D eigenvalue weighted by atomic mass is 9.96. The molecule has 0 fully saturated rings. The van der Waals surface area contributed by atoms with E-state index in [-0.39, 0.29) is 0 Å². The maximum absolute atomic E-state index is 2.74. The number of thiophene rings is 1. The lowest BCUT2D eigenvalue weighted by Crippen LogP contribution is -2.74. The molecule has 0 unspecified atom stereocenters. The average Bonchev–Trinajstić information content (AvgIpc) is 4.04. The highest BCUT2D eigenvalue weighted by atomic mass is 32.1. The van der Waals surface area contributed by atoms with Crippen molar-refractivity contribution in [3.05, 3.63) is 291 Å². The van der Waals surface area contributed by atoms with Crippen LogP contribution in [0.1, 0.15) is 0 Å². The summed E-state index contributed by atoms with van der Waals surface area (Å²) in [7, 11) is -2.74. The lowest BCUT2D eigenvalue weighted by Gasteiger charge is -2.35. The smallest absolute Gasteiger partial charge is 0.179 e. The third kappa shape index (κ3) is 7.14. The predicted molar refractivity (Wildman–Crippen MR) is 320 cm³/mol. The molecule has 0 N–H and O–H groups in total. The van der Waals surface area contributed by atoms with Gasteiger partial charge in [-0.25, -0.2) is 0 Å². The molecule has 2 nitrogen and oxygen atoms in total. The molecule has 0 aliphatic heterocycles. The van der Waals surface area contributed by atoms with Crippen LogP contribution in [-0.4, -0.2) is 12.6 Å². The number of fused-ring (bicyclic) bond motifs is 8. The summed E-state index contributed by atoms with van der Waals surface area (Å²) >= 11 is 1.89. The molecule has 0 saturated heterocycles. The molecule has 14 aromatic rings. The van der Waals surface area contributed by atoms with Crippen molar-refractivity contribution in [1.82, 2.24) is 4.57 Å². The molecule has 0 saturated carbocycles. The highest BCUT2D eigenvalue weighted by Gasteiger charge is 2.41. The fraction of sp³-hybridized carbons (Fsp3) is 0. The van der Waals surface area contributed by atoms with Gasteiger partial charge in [0.05, 0.1) is 15.7 Å². The number of benzene rings is 12. The Morgan fingerprint density at radius 2 is 0.797 bits per heavy atom. The van der Waals surface area contributed by atoms with Crippen molar-refractivity contribution in [2.24, 2.45) is 0 Å². The Morgan fingerprint density at radius 3 is 1.41 bits per heavy atom. The van der Waals surface area contributed by atoms with Gasteiger partial charge in [-0.15, -0.1) is 11.3 Å². The van der Waals surface area contributed by atoms with E-state index in [4.69, 9.17) is 0 Å². The molecule has 0 atom stereocenters. The van der Waals surface area contributed by atoms with Gasteiger partial charge in [-0.1, -0.05) is 224 Å². The van der Waals surface area contributed by atoms with E-state index >= 15 is 0 Å². The molecule has 0 bridgehead atoms. The van der Waals surface area contributed by atoms with Crippen LogP contribution in [-0.2, 0) is 0 Å². The molecule has 0 amide bonds. The van der Waals surface area contributed by atoms with Crippen LogP contribution in [0.5, 0.6) is 0 Å². The molecule has 0 aliphatic carbocycles. The van der Waals surface area contributed by atoms with Gasteiger partial charge in [-0.3, -0.25) is 0 Å². The Kier molecular flexibility index (Phi) is 10.8. The molecule has 0 aliphatic rings. The summed E-state index contributed by atoms with van der Waals surface area (Å²) in [4.78, 5) is 2.42. The first-order valence-corrected chi connectivity index (χ1v) is 28.2. The quantitative estimate of drug-likeness (QED) is 0.0979. The third-order valence-corrected chi connectivity index (χ3v) is 21.1.